The molecular weight excluding hydrogens is 525 g/mol. The van der Waals surface area contributed by atoms with Crippen molar-refractivity contribution in [2.45, 2.75) is 18.6 Å². The molecule has 0 saturated carbocycles. The summed E-state index contributed by atoms with van der Waals surface area (Å²) in [5, 5.41) is 10.4. The Morgan fingerprint density at radius 2 is 1.65 bits per heavy atom. The molecule has 0 aliphatic heterocycles. The maximum absolute atomic E-state index is 13.4. The van der Waals surface area contributed by atoms with E-state index in [2.05, 4.69) is 15.1 Å². The first-order valence-corrected chi connectivity index (χ1v) is 13.6. The van der Waals surface area contributed by atoms with Crippen molar-refractivity contribution in [1.82, 2.24) is 24.6 Å². The van der Waals surface area contributed by atoms with E-state index in [0.717, 1.165) is 28.9 Å². The maximum atomic E-state index is 13.4. The number of benzene rings is 3. The van der Waals surface area contributed by atoms with E-state index >= 15 is 0 Å². The van der Waals surface area contributed by atoms with Gasteiger partial charge in [0.15, 0.2) is 11.0 Å². The molecule has 0 radical (unpaired) electrons. The van der Waals surface area contributed by atoms with Crippen molar-refractivity contribution in [3.05, 3.63) is 94.0 Å². The molecule has 0 spiro atoms. The van der Waals surface area contributed by atoms with Gasteiger partial charge in [0, 0.05) is 25.2 Å². The highest BCUT2D eigenvalue weighted by atomic mass is 35.5. The molecule has 3 aromatic carbocycles. The van der Waals surface area contributed by atoms with Crippen LogP contribution in [-0.4, -0.2) is 63.4 Å². The molecule has 192 valence electrons. The Kier molecular flexibility index (Phi) is 9.27. The molecule has 4 aromatic rings. The second-order valence-corrected chi connectivity index (χ2v) is 10.8. The fourth-order valence-electron chi connectivity index (χ4n) is 3.74. The van der Waals surface area contributed by atoms with E-state index in [4.69, 9.17) is 23.2 Å². The molecule has 37 heavy (non-hydrogen) atoms. The van der Waals surface area contributed by atoms with Gasteiger partial charge in [0.2, 0.25) is 5.91 Å². The number of likely N-dealkylation sites (N-methyl/N-ethyl adjacent to an activating group) is 1. The summed E-state index contributed by atoms with van der Waals surface area (Å²) >= 11 is 13.9. The van der Waals surface area contributed by atoms with Gasteiger partial charge in [-0.2, -0.15) is 0 Å². The molecule has 9 heteroatoms. The first-order chi connectivity index (χ1) is 17.8. The molecule has 0 aliphatic rings. The third-order valence-electron chi connectivity index (χ3n) is 5.82. The summed E-state index contributed by atoms with van der Waals surface area (Å²) in [6.45, 7) is 4.01. The second-order valence-electron chi connectivity index (χ2n) is 9.00. The molecule has 6 nitrogen and oxygen atoms in total. The van der Waals surface area contributed by atoms with Gasteiger partial charge in [-0.3, -0.25) is 9.36 Å². The quantitative estimate of drug-likeness (QED) is 0.218. The van der Waals surface area contributed by atoms with Gasteiger partial charge >= 0.3 is 0 Å². The van der Waals surface area contributed by atoms with Gasteiger partial charge in [0.05, 0.1) is 21.5 Å². The number of carbonyl (C=O) groups excluding carboxylic acids is 1. The number of aromatic nitrogens is 3. The summed E-state index contributed by atoms with van der Waals surface area (Å²) < 4.78 is 1.92. The smallest absolute Gasteiger partial charge is 0.233 e. The fraction of sp³-hybridized carbons (Fsp3) is 0.250. The molecule has 1 amide bonds. The van der Waals surface area contributed by atoms with Gasteiger partial charge in [0.25, 0.3) is 0 Å². The van der Waals surface area contributed by atoms with Crippen LogP contribution in [0.5, 0.6) is 0 Å². The molecule has 1 aromatic heterocycles. The standard InChI is InChI=1S/C28H29Cl2N5OS/c1-20-9-11-22(12-10-20)27-31-32-28(35(27)23-13-14-24(29)25(30)17-23)37-19-26(36)34(16-15-33(2)3)18-21-7-5-4-6-8-21/h4-14,17H,15-16,18-19H2,1-3H3. The lowest BCUT2D eigenvalue weighted by atomic mass is 10.1. The van der Waals surface area contributed by atoms with Crippen LogP contribution in [0.2, 0.25) is 10.0 Å². The highest BCUT2D eigenvalue weighted by Crippen LogP contribution is 2.31. The van der Waals surface area contributed by atoms with Crippen LogP contribution < -0.4 is 0 Å². The van der Waals surface area contributed by atoms with Crippen molar-refractivity contribution in [2.24, 2.45) is 0 Å². The van der Waals surface area contributed by atoms with Gasteiger partial charge in [-0.15, -0.1) is 10.2 Å². The zero-order valence-corrected chi connectivity index (χ0v) is 23.4. The summed E-state index contributed by atoms with van der Waals surface area (Å²) in [6, 6.07) is 23.5. The minimum Gasteiger partial charge on any atom is -0.336 e. The number of thioether (sulfide) groups is 1. The maximum Gasteiger partial charge on any atom is 0.233 e. The predicted octanol–water partition coefficient (Wildman–Crippen LogP) is 6.23. The Balaban J connectivity index is 1.61. The minimum atomic E-state index is 0.0382. The highest BCUT2D eigenvalue weighted by Gasteiger charge is 2.20. The van der Waals surface area contributed by atoms with Gasteiger partial charge < -0.3 is 9.80 Å². The molecule has 1 heterocycles. The Morgan fingerprint density at radius 3 is 2.32 bits per heavy atom. The first-order valence-electron chi connectivity index (χ1n) is 11.9. The number of halogens is 2. The average Bonchev–Trinajstić information content (AvgIpc) is 3.31. The van der Waals surface area contributed by atoms with Crippen molar-refractivity contribution in [2.75, 3.05) is 32.9 Å². The first kappa shape index (κ1) is 27.2. The van der Waals surface area contributed by atoms with Gasteiger partial charge in [-0.1, -0.05) is 95.1 Å². The normalized spacial score (nSPS) is 11.2. The predicted molar refractivity (Wildman–Crippen MR) is 153 cm³/mol. The Labute approximate surface area is 232 Å². The lowest BCUT2D eigenvalue weighted by molar-refractivity contribution is -0.129. The van der Waals surface area contributed by atoms with E-state index in [1.165, 1.54) is 11.8 Å². The monoisotopic (exact) mass is 553 g/mol. The number of amides is 1. The van der Waals surface area contributed by atoms with Crippen molar-refractivity contribution in [1.29, 1.82) is 0 Å². The third-order valence-corrected chi connectivity index (χ3v) is 7.47. The molecule has 0 aliphatic carbocycles. The molecule has 0 bridgehead atoms. The largest absolute Gasteiger partial charge is 0.336 e. The second kappa shape index (κ2) is 12.6. The zero-order valence-electron chi connectivity index (χ0n) is 21.1. The number of carbonyl (C=O) groups is 1. The van der Waals surface area contributed by atoms with Crippen LogP contribution in [-0.2, 0) is 11.3 Å². The van der Waals surface area contributed by atoms with Crippen LogP contribution in [0.3, 0.4) is 0 Å². The summed E-state index contributed by atoms with van der Waals surface area (Å²) in [5.74, 6) is 0.937. The van der Waals surface area contributed by atoms with E-state index in [-0.39, 0.29) is 11.7 Å². The Hall–Kier alpha value is -2.84. The molecule has 4 rings (SSSR count). The SMILES string of the molecule is Cc1ccc(-c2nnc(SCC(=O)N(CCN(C)C)Cc3ccccc3)n2-c2ccc(Cl)c(Cl)c2)cc1. The van der Waals surface area contributed by atoms with Crippen LogP contribution in [0.4, 0.5) is 0 Å². The average molecular weight is 555 g/mol. The number of hydrogen-bond donors (Lipinski definition) is 0. The van der Waals surface area contributed by atoms with Crippen LogP contribution in [0.1, 0.15) is 11.1 Å². The van der Waals surface area contributed by atoms with Crippen LogP contribution in [0.25, 0.3) is 17.1 Å². The zero-order chi connectivity index (χ0) is 26.4. The van der Waals surface area contributed by atoms with Crippen molar-refractivity contribution < 1.29 is 4.79 Å². The molecule has 0 unspecified atom stereocenters. The Morgan fingerprint density at radius 1 is 0.919 bits per heavy atom. The van der Waals surface area contributed by atoms with E-state index < -0.39 is 0 Å². The van der Waals surface area contributed by atoms with E-state index in [1.807, 2.05) is 91.1 Å². The van der Waals surface area contributed by atoms with Gasteiger partial charge in [0.1, 0.15) is 0 Å². The lowest BCUT2D eigenvalue weighted by Crippen LogP contribution is -2.37. The van der Waals surface area contributed by atoms with Crippen LogP contribution in [0.15, 0.2) is 78.0 Å². The number of rotatable bonds is 10. The molecule has 0 fully saturated rings. The Bertz CT molecular complexity index is 1340. The minimum absolute atomic E-state index is 0.0382. The molecule has 0 atom stereocenters. The topological polar surface area (TPSA) is 54.3 Å². The van der Waals surface area contributed by atoms with E-state index in [1.54, 1.807) is 12.1 Å². The molecule has 0 saturated heterocycles. The fourth-order valence-corrected chi connectivity index (χ4v) is 4.89. The van der Waals surface area contributed by atoms with Gasteiger partial charge in [-0.05, 0) is 44.8 Å². The summed E-state index contributed by atoms with van der Waals surface area (Å²) in [4.78, 5) is 17.4. The summed E-state index contributed by atoms with van der Waals surface area (Å²) in [7, 11) is 4.01. The van der Waals surface area contributed by atoms with Crippen molar-refractivity contribution in [3.8, 4) is 17.1 Å². The molecular formula is C28H29Cl2N5OS. The summed E-state index contributed by atoms with van der Waals surface area (Å²) in [5.41, 5.74) is 3.94. The number of hydrogen-bond acceptors (Lipinski definition) is 5. The third kappa shape index (κ3) is 7.14. The number of aryl methyl sites for hydroxylation is 1. The summed E-state index contributed by atoms with van der Waals surface area (Å²) in [6.07, 6.45) is 0. The van der Waals surface area contributed by atoms with Crippen LogP contribution in [0, 0.1) is 6.92 Å². The van der Waals surface area contributed by atoms with Crippen LogP contribution >= 0.6 is 35.0 Å². The van der Waals surface area contributed by atoms with E-state index in [0.29, 0.717) is 34.1 Å². The van der Waals surface area contributed by atoms with Crippen molar-refractivity contribution >= 4 is 40.9 Å². The van der Waals surface area contributed by atoms with Gasteiger partial charge in [-0.25, -0.2) is 0 Å². The highest BCUT2D eigenvalue weighted by molar-refractivity contribution is 7.99. The van der Waals surface area contributed by atoms with E-state index in [9.17, 15) is 4.79 Å². The molecule has 0 N–H and O–H groups in total. The van der Waals surface area contributed by atoms with Crippen molar-refractivity contribution in [3.63, 3.8) is 0 Å². The lowest BCUT2D eigenvalue weighted by Gasteiger charge is -2.24. The number of nitrogens with zero attached hydrogens (tertiary/aromatic N) is 5.